The fraction of sp³-hybridized carbons (Fsp3) is 0.0588. The van der Waals surface area contributed by atoms with Crippen molar-refractivity contribution in [2.24, 2.45) is 0 Å². The second-order valence-electron chi connectivity index (χ2n) is 4.64. The average Bonchev–Trinajstić information content (AvgIpc) is 2.48. The predicted octanol–water partition coefficient (Wildman–Crippen LogP) is 4.18. The Hall–Kier alpha value is -2.68. The van der Waals surface area contributed by atoms with Gasteiger partial charge in [-0.3, -0.25) is 9.78 Å². The standard InChI is InChI=1S/C17H14N2O/c1-12(20)13-7-9-15(10-8-13)19-16-6-2-4-14-5-3-11-18-17(14)16/h2-11,19H,1H3. The van der Waals surface area contributed by atoms with Crippen molar-refractivity contribution in [2.45, 2.75) is 6.92 Å². The molecule has 1 aromatic heterocycles. The zero-order valence-electron chi connectivity index (χ0n) is 11.1. The first-order valence-electron chi connectivity index (χ1n) is 6.46. The summed E-state index contributed by atoms with van der Waals surface area (Å²) in [5.41, 5.74) is 3.55. The number of para-hydroxylation sites is 1. The molecule has 0 radical (unpaired) electrons. The number of benzene rings is 2. The number of anilines is 2. The highest BCUT2D eigenvalue weighted by Gasteiger charge is 2.03. The lowest BCUT2D eigenvalue weighted by Gasteiger charge is -2.09. The summed E-state index contributed by atoms with van der Waals surface area (Å²) >= 11 is 0. The number of aromatic nitrogens is 1. The zero-order chi connectivity index (χ0) is 13.9. The van der Waals surface area contributed by atoms with Crippen LogP contribution in [0.2, 0.25) is 0 Å². The van der Waals surface area contributed by atoms with E-state index in [0.717, 1.165) is 22.3 Å². The van der Waals surface area contributed by atoms with Crippen molar-refractivity contribution in [2.75, 3.05) is 5.32 Å². The van der Waals surface area contributed by atoms with Crippen LogP contribution in [0.5, 0.6) is 0 Å². The van der Waals surface area contributed by atoms with E-state index < -0.39 is 0 Å². The highest BCUT2D eigenvalue weighted by molar-refractivity contribution is 5.95. The molecule has 0 atom stereocenters. The van der Waals surface area contributed by atoms with E-state index in [0.29, 0.717) is 5.56 Å². The largest absolute Gasteiger partial charge is 0.354 e. The smallest absolute Gasteiger partial charge is 0.159 e. The van der Waals surface area contributed by atoms with Crippen LogP contribution >= 0.6 is 0 Å². The number of carbonyl (C=O) groups is 1. The molecule has 0 aliphatic rings. The number of hydrogen-bond donors (Lipinski definition) is 1. The molecule has 0 aliphatic carbocycles. The number of nitrogens with one attached hydrogen (secondary N) is 1. The maximum Gasteiger partial charge on any atom is 0.159 e. The van der Waals surface area contributed by atoms with Gasteiger partial charge >= 0.3 is 0 Å². The molecule has 0 spiro atoms. The van der Waals surface area contributed by atoms with Crippen molar-refractivity contribution in [3.05, 3.63) is 66.4 Å². The van der Waals surface area contributed by atoms with Gasteiger partial charge in [-0.25, -0.2) is 0 Å². The Balaban J connectivity index is 1.95. The number of rotatable bonds is 3. The van der Waals surface area contributed by atoms with Gasteiger partial charge in [0, 0.05) is 22.8 Å². The van der Waals surface area contributed by atoms with E-state index in [9.17, 15) is 4.79 Å². The molecule has 0 fully saturated rings. The van der Waals surface area contributed by atoms with Crippen molar-refractivity contribution in [1.82, 2.24) is 4.98 Å². The number of nitrogens with zero attached hydrogens (tertiary/aromatic N) is 1. The molecular weight excluding hydrogens is 248 g/mol. The molecule has 3 aromatic rings. The lowest BCUT2D eigenvalue weighted by Crippen LogP contribution is -1.95. The molecule has 2 aromatic carbocycles. The normalized spacial score (nSPS) is 10.4. The van der Waals surface area contributed by atoms with Crippen molar-refractivity contribution in [3.8, 4) is 0 Å². The van der Waals surface area contributed by atoms with Gasteiger partial charge in [-0.2, -0.15) is 0 Å². The third-order valence-electron chi connectivity index (χ3n) is 3.20. The second kappa shape index (κ2) is 5.13. The first-order valence-corrected chi connectivity index (χ1v) is 6.46. The summed E-state index contributed by atoms with van der Waals surface area (Å²) < 4.78 is 0. The minimum atomic E-state index is 0.0726. The molecule has 98 valence electrons. The molecule has 0 saturated heterocycles. The summed E-state index contributed by atoms with van der Waals surface area (Å²) in [6.45, 7) is 1.57. The maximum absolute atomic E-state index is 11.3. The maximum atomic E-state index is 11.3. The minimum absolute atomic E-state index is 0.0726. The van der Waals surface area contributed by atoms with Crippen LogP contribution in [0.25, 0.3) is 10.9 Å². The van der Waals surface area contributed by atoms with Crippen LogP contribution in [0.4, 0.5) is 11.4 Å². The highest BCUT2D eigenvalue weighted by Crippen LogP contribution is 2.24. The Labute approximate surface area is 117 Å². The third-order valence-corrected chi connectivity index (χ3v) is 3.20. The van der Waals surface area contributed by atoms with Gasteiger partial charge in [-0.15, -0.1) is 0 Å². The summed E-state index contributed by atoms with van der Waals surface area (Å²) in [5, 5.41) is 4.43. The summed E-state index contributed by atoms with van der Waals surface area (Å²) in [6, 6.07) is 17.4. The summed E-state index contributed by atoms with van der Waals surface area (Å²) in [5.74, 6) is 0.0726. The molecule has 1 N–H and O–H groups in total. The van der Waals surface area contributed by atoms with Gasteiger partial charge in [0.2, 0.25) is 0 Å². The van der Waals surface area contributed by atoms with Crippen LogP contribution in [-0.4, -0.2) is 10.8 Å². The quantitative estimate of drug-likeness (QED) is 0.720. The summed E-state index contributed by atoms with van der Waals surface area (Å²) in [6.07, 6.45) is 1.78. The third kappa shape index (κ3) is 2.38. The molecule has 3 nitrogen and oxygen atoms in total. The second-order valence-corrected chi connectivity index (χ2v) is 4.64. The number of pyridine rings is 1. The van der Waals surface area contributed by atoms with Crippen LogP contribution in [0.15, 0.2) is 60.8 Å². The number of carbonyl (C=O) groups excluding carboxylic acids is 1. The Morgan fingerprint density at radius 2 is 1.75 bits per heavy atom. The predicted molar refractivity (Wildman–Crippen MR) is 81.5 cm³/mol. The molecule has 0 amide bonds. The number of fused-ring (bicyclic) bond motifs is 1. The lowest BCUT2D eigenvalue weighted by atomic mass is 10.1. The zero-order valence-corrected chi connectivity index (χ0v) is 11.1. The van der Waals surface area contributed by atoms with Gasteiger partial charge in [0.25, 0.3) is 0 Å². The highest BCUT2D eigenvalue weighted by atomic mass is 16.1. The van der Waals surface area contributed by atoms with E-state index in [1.807, 2.05) is 54.6 Å². The number of ketones is 1. The molecule has 0 aliphatic heterocycles. The first-order chi connectivity index (χ1) is 9.74. The van der Waals surface area contributed by atoms with E-state index >= 15 is 0 Å². The Kier molecular flexibility index (Phi) is 3.17. The van der Waals surface area contributed by atoms with E-state index in [4.69, 9.17) is 0 Å². The van der Waals surface area contributed by atoms with Crippen molar-refractivity contribution < 1.29 is 4.79 Å². The number of Topliss-reactive ketones (excluding diaryl/α,β-unsaturated/α-hetero) is 1. The van der Waals surface area contributed by atoms with Crippen molar-refractivity contribution >= 4 is 28.1 Å². The van der Waals surface area contributed by atoms with Crippen LogP contribution in [0, 0.1) is 0 Å². The van der Waals surface area contributed by atoms with Gasteiger partial charge in [0.15, 0.2) is 5.78 Å². The molecular formula is C17H14N2O. The Morgan fingerprint density at radius 3 is 2.50 bits per heavy atom. The van der Waals surface area contributed by atoms with Crippen LogP contribution in [0.3, 0.4) is 0 Å². The first kappa shape index (κ1) is 12.4. The molecule has 0 saturated carbocycles. The molecule has 0 unspecified atom stereocenters. The average molecular weight is 262 g/mol. The van der Waals surface area contributed by atoms with Gasteiger partial charge in [0.05, 0.1) is 11.2 Å². The number of hydrogen-bond acceptors (Lipinski definition) is 3. The molecule has 0 bridgehead atoms. The fourth-order valence-electron chi connectivity index (χ4n) is 2.15. The van der Waals surface area contributed by atoms with E-state index in [1.165, 1.54) is 0 Å². The van der Waals surface area contributed by atoms with Crippen molar-refractivity contribution in [1.29, 1.82) is 0 Å². The van der Waals surface area contributed by atoms with E-state index in [1.54, 1.807) is 13.1 Å². The monoisotopic (exact) mass is 262 g/mol. The molecule has 3 heteroatoms. The Morgan fingerprint density at radius 1 is 1.00 bits per heavy atom. The van der Waals surface area contributed by atoms with E-state index in [-0.39, 0.29) is 5.78 Å². The lowest BCUT2D eigenvalue weighted by molar-refractivity contribution is 0.101. The van der Waals surface area contributed by atoms with Crippen LogP contribution in [-0.2, 0) is 0 Å². The van der Waals surface area contributed by atoms with Gasteiger partial charge < -0.3 is 5.32 Å². The van der Waals surface area contributed by atoms with Gasteiger partial charge in [-0.1, -0.05) is 18.2 Å². The van der Waals surface area contributed by atoms with Gasteiger partial charge in [0.1, 0.15) is 0 Å². The summed E-state index contributed by atoms with van der Waals surface area (Å²) in [4.78, 5) is 15.7. The SMILES string of the molecule is CC(=O)c1ccc(Nc2cccc3cccnc23)cc1. The van der Waals surface area contributed by atoms with Gasteiger partial charge in [-0.05, 0) is 43.3 Å². The topological polar surface area (TPSA) is 42.0 Å². The van der Waals surface area contributed by atoms with Crippen LogP contribution < -0.4 is 5.32 Å². The summed E-state index contributed by atoms with van der Waals surface area (Å²) in [7, 11) is 0. The fourth-order valence-corrected chi connectivity index (χ4v) is 2.15. The Bertz CT molecular complexity index is 758. The van der Waals surface area contributed by atoms with E-state index in [2.05, 4.69) is 10.3 Å². The van der Waals surface area contributed by atoms with Crippen LogP contribution in [0.1, 0.15) is 17.3 Å². The minimum Gasteiger partial charge on any atom is -0.354 e. The molecule has 1 heterocycles. The molecule has 20 heavy (non-hydrogen) atoms. The molecule has 3 rings (SSSR count). The van der Waals surface area contributed by atoms with Crippen molar-refractivity contribution in [3.63, 3.8) is 0 Å².